The van der Waals surface area contributed by atoms with Crippen LogP contribution in [0.25, 0.3) is 0 Å². The molecule has 6 heteroatoms. The summed E-state index contributed by atoms with van der Waals surface area (Å²) in [5, 5.41) is 21.3. The highest BCUT2D eigenvalue weighted by Gasteiger charge is 2.27. The molecule has 23 heavy (non-hydrogen) atoms. The molecule has 1 aliphatic heterocycles. The molecule has 0 aliphatic carbocycles. The van der Waals surface area contributed by atoms with Gasteiger partial charge < -0.3 is 20.4 Å². The Labute approximate surface area is 136 Å². The summed E-state index contributed by atoms with van der Waals surface area (Å²) in [6.07, 6.45) is 3.17. The average molecular weight is 320 g/mol. The Kier molecular flexibility index (Phi) is 5.98. The minimum absolute atomic E-state index is 0.0816. The minimum Gasteiger partial charge on any atom is -0.478 e. The van der Waals surface area contributed by atoms with E-state index >= 15 is 0 Å². The number of carbonyl (C=O) groups is 2. The first kappa shape index (κ1) is 17.3. The molecule has 1 aromatic carbocycles. The van der Waals surface area contributed by atoms with Crippen molar-refractivity contribution in [1.29, 1.82) is 0 Å². The zero-order valence-corrected chi connectivity index (χ0v) is 13.4. The molecule has 1 fully saturated rings. The zero-order valence-electron chi connectivity index (χ0n) is 13.4. The van der Waals surface area contributed by atoms with Crippen molar-refractivity contribution >= 4 is 12.0 Å². The number of aromatic carboxylic acids is 1. The lowest BCUT2D eigenvalue weighted by molar-refractivity contribution is 0.0696. The van der Waals surface area contributed by atoms with E-state index < -0.39 is 12.1 Å². The van der Waals surface area contributed by atoms with Gasteiger partial charge in [-0.25, -0.2) is 9.59 Å². The summed E-state index contributed by atoms with van der Waals surface area (Å²) in [7, 11) is 0. The maximum absolute atomic E-state index is 12.4. The van der Waals surface area contributed by atoms with Crippen molar-refractivity contribution in [3.05, 3.63) is 35.4 Å². The van der Waals surface area contributed by atoms with Gasteiger partial charge in [0, 0.05) is 19.1 Å². The van der Waals surface area contributed by atoms with Crippen LogP contribution in [-0.4, -0.2) is 45.8 Å². The monoisotopic (exact) mass is 320 g/mol. The zero-order chi connectivity index (χ0) is 16.8. The number of urea groups is 1. The van der Waals surface area contributed by atoms with E-state index in [1.54, 1.807) is 19.1 Å². The quantitative estimate of drug-likeness (QED) is 0.776. The van der Waals surface area contributed by atoms with Crippen molar-refractivity contribution in [2.24, 2.45) is 0 Å². The van der Waals surface area contributed by atoms with Gasteiger partial charge in [-0.3, -0.25) is 0 Å². The Morgan fingerprint density at radius 3 is 2.61 bits per heavy atom. The van der Waals surface area contributed by atoms with Crippen molar-refractivity contribution in [1.82, 2.24) is 10.2 Å². The topological polar surface area (TPSA) is 89.9 Å². The largest absolute Gasteiger partial charge is 0.478 e. The smallest absolute Gasteiger partial charge is 0.335 e. The van der Waals surface area contributed by atoms with Gasteiger partial charge >= 0.3 is 12.0 Å². The first-order valence-corrected chi connectivity index (χ1v) is 8.02. The number of hydrogen-bond acceptors (Lipinski definition) is 3. The van der Waals surface area contributed by atoms with Gasteiger partial charge in [0.05, 0.1) is 11.7 Å². The molecule has 3 N–H and O–H groups in total. The van der Waals surface area contributed by atoms with Crippen LogP contribution >= 0.6 is 0 Å². The normalized spacial score (nSPS) is 19.2. The van der Waals surface area contributed by atoms with E-state index in [1.807, 2.05) is 4.90 Å². The summed E-state index contributed by atoms with van der Waals surface area (Å²) >= 11 is 0. The molecule has 0 saturated carbocycles. The number of likely N-dealkylation sites (tertiary alicyclic amines) is 1. The van der Waals surface area contributed by atoms with Crippen LogP contribution in [0, 0.1) is 0 Å². The number of nitrogens with one attached hydrogen (secondary N) is 1. The standard InChI is InChI=1S/C17H24N2O4/c1-12(20)10-15-4-2-3-9-19(15)17(23)18-11-13-5-7-14(8-6-13)16(21)22/h5-8,12,15,20H,2-4,9-11H2,1H3,(H,18,23)(H,21,22). The molecule has 126 valence electrons. The number of carboxylic acids is 1. The molecular weight excluding hydrogens is 296 g/mol. The second kappa shape index (κ2) is 7.97. The Morgan fingerprint density at radius 2 is 2.00 bits per heavy atom. The molecule has 2 amide bonds. The number of amides is 2. The van der Waals surface area contributed by atoms with Crippen LogP contribution in [0.15, 0.2) is 24.3 Å². The summed E-state index contributed by atoms with van der Waals surface area (Å²) in [6, 6.07) is 6.42. The molecule has 0 bridgehead atoms. The highest BCUT2D eigenvalue weighted by Crippen LogP contribution is 2.21. The number of nitrogens with zero attached hydrogens (tertiary/aromatic N) is 1. The van der Waals surface area contributed by atoms with Gasteiger partial charge in [-0.05, 0) is 50.3 Å². The number of benzene rings is 1. The first-order chi connectivity index (χ1) is 11.0. The number of carbonyl (C=O) groups excluding carboxylic acids is 1. The van der Waals surface area contributed by atoms with Gasteiger partial charge in [-0.15, -0.1) is 0 Å². The Hall–Kier alpha value is -2.08. The molecule has 0 spiro atoms. The van der Waals surface area contributed by atoms with Gasteiger partial charge in [-0.1, -0.05) is 12.1 Å². The number of hydrogen-bond donors (Lipinski definition) is 3. The maximum atomic E-state index is 12.4. The van der Waals surface area contributed by atoms with Crippen LogP contribution in [0.3, 0.4) is 0 Å². The van der Waals surface area contributed by atoms with E-state index in [2.05, 4.69) is 5.32 Å². The van der Waals surface area contributed by atoms with E-state index in [0.29, 0.717) is 19.5 Å². The van der Waals surface area contributed by atoms with Crippen molar-refractivity contribution in [2.75, 3.05) is 6.54 Å². The van der Waals surface area contributed by atoms with Gasteiger partial charge in [0.15, 0.2) is 0 Å². The minimum atomic E-state index is -0.963. The molecule has 6 nitrogen and oxygen atoms in total. The fraction of sp³-hybridized carbons (Fsp3) is 0.529. The molecular formula is C17H24N2O4. The Morgan fingerprint density at radius 1 is 1.30 bits per heavy atom. The van der Waals surface area contributed by atoms with Crippen LogP contribution < -0.4 is 5.32 Å². The summed E-state index contributed by atoms with van der Waals surface area (Å²) in [4.78, 5) is 25.0. The molecule has 1 aliphatic rings. The van der Waals surface area contributed by atoms with Gasteiger partial charge in [0.2, 0.25) is 0 Å². The van der Waals surface area contributed by atoms with E-state index in [1.165, 1.54) is 12.1 Å². The van der Waals surface area contributed by atoms with Crippen LogP contribution in [0.1, 0.15) is 48.5 Å². The van der Waals surface area contributed by atoms with Gasteiger partial charge in [0.25, 0.3) is 0 Å². The van der Waals surface area contributed by atoms with E-state index in [-0.39, 0.29) is 17.6 Å². The molecule has 0 aromatic heterocycles. The number of rotatable bonds is 5. The second-order valence-electron chi connectivity index (χ2n) is 6.09. The van der Waals surface area contributed by atoms with E-state index in [9.17, 15) is 14.7 Å². The maximum Gasteiger partial charge on any atom is 0.335 e. The number of aliphatic hydroxyl groups is 1. The van der Waals surface area contributed by atoms with E-state index in [4.69, 9.17) is 5.11 Å². The van der Waals surface area contributed by atoms with Crippen molar-refractivity contribution < 1.29 is 19.8 Å². The number of carboxylic acid groups (broad SMARTS) is 1. The summed E-state index contributed by atoms with van der Waals surface area (Å²) in [5.74, 6) is -0.963. The third-order valence-corrected chi connectivity index (χ3v) is 4.15. The van der Waals surface area contributed by atoms with Crippen molar-refractivity contribution in [3.8, 4) is 0 Å². The number of piperidine rings is 1. The lowest BCUT2D eigenvalue weighted by Gasteiger charge is -2.36. The summed E-state index contributed by atoms with van der Waals surface area (Å²) in [5.41, 5.74) is 1.08. The predicted molar refractivity (Wildman–Crippen MR) is 86.3 cm³/mol. The first-order valence-electron chi connectivity index (χ1n) is 8.02. The van der Waals surface area contributed by atoms with Gasteiger partial charge in [-0.2, -0.15) is 0 Å². The van der Waals surface area contributed by atoms with E-state index in [0.717, 1.165) is 24.8 Å². The highest BCUT2D eigenvalue weighted by molar-refractivity contribution is 5.87. The second-order valence-corrected chi connectivity index (χ2v) is 6.09. The predicted octanol–water partition coefficient (Wildman–Crippen LogP) is 2.22. The van der Waals surface area contributed by atoms with Gasteiger partial charge in [0.1, 0.15) is 0 Å². The molecule has 1 heterocycles. The summed E-state index contributed by atoms with van der Waals surface area (Å²) in [6.45, 7) is 2.81. The average Bonchev–Trinajstić information content (AvgIpc) is 2.53. The Balaban J connectivity index is 1.90. The summed E-state index contributed by atoms with van der Waals surface area (Å²) < 4.78 is 0. The fourth-order valence-electron chi connectivity index (χ4n) is 2.95. The van der Waals surface area contributed by atoms with Crippen LogP contribution in [0.5, 0.6) is 0 Å². The third kappa shape index (κ3) is 4.96. The van der Waals surface area contributed by atoms with Crippen molar-refractivity contribution in [2.45, 2.75) is 51.3 Å². The molecule has 1 aromatic rings. The van der Waals surface area contributed by atoms with Crippen LogP contribution in [0.4, 0.5) is 4.79 Å². The molecule has 0 radical (unpaired) electrons. The lowest BCUT2D eigenvalue weighted by Crippen LogP contribution is -2.49. The lowest BCUT2D eigenvalue weighted by atomic mass is 9.97. The van der Waals surface area contributed by atoms with Crippen LogP contribution in [-0.2, 0) is 6.54 Å². The SMILES string of the molecule is CC(O)CC1CCCCN1C(=O)NCc1ccc(C(=O)O)cc1. The molecule has 2 atom stereocenters. The van der Waals surface area contributed by atoms with Crippen molar-refractivity contribution in [3.63, 3.8) is 0 Å². The fourth-order valence-corrected chi connectivity index (χ4v) is 2.95. The number of aliphatic hydroxyl groups excluding tert-OH is 1. The Bertz CT molecular complexity index is 542. The van der Waals surface area contributed by atoms with Crippen LogP contribution in [0.2, 0.25) is 0 Å². The molecule has 2 rings (SSSR count). The molecule has 1 saturated heterocycles. The third-order valence-electron chi connectivity index (χ3n) is 4.15. The highest BCUT2D eigenvalue weighted by atomic mass is 16.4. The molecule has 2 unspecified atom stereocenters.